The summed E-state index contributed by atoms with van der Waals surface area (Å²) in [7, 11) is 0. The van der Waals surface area contributed by atoms with Gasteiger partial charge in [0.1, 0.15) is 17.2 Å². The number of nitrogens with zero attached hydrogens (tertiary/aromatic N) is 3. The van der Waals surface area contributed by atoms with Crippen molar-refractivity contribution in [2.45, 2.75) is 25.9 Å². The zero-order valence-electron chi connectivity index (χ0n) is 11.9. The Morgan fingerprint density at radius 2 is 1.90 bits per heavy atom. The van der Waals surface area contributed by atoms with E-state index in [-0.39, 0.29) is 0 Å². The molecule has 1 unspecified atom stereocenters. The first-order valence-electron chi connectivity index (χ1n) is 6.91. The van der Waals surface area contributed by atoms with Crippen molar-refractivity contribution < 1.29 is 5.11 Å². The second-order valence-electron chi connectivity index (χ2n) is 5.53. The monoisotopic (exact) mass is 269 g/mol. The van der Waals surface area contributed by atoms with Crippen molar-refractivity contribution in [2.24, 2.45) is 0 Å². The maximum atomic E-state index is 10.9. The van der Waals surface area contributed by atoms with Crippen LogP contribution in [-0.2, 0) is 5.60 Å². The molecule has 0 saturated carbocycles. The second kappa shape index (κ2) is 4.87. The molecule has 0 bridgehead atoms. The van der Waals surface area contributed by atoms with Crippen LogP contribution in [0.4, 0.5) is 5.82 Å². The number of anilines is 1. The van der Waals surface area contributed by atoms with E-state index in [0.717, 1.165) is 30.2 Å². The van der Waals surface area contributed by atoms with Crippen molar-refractivity contribution >= 4 is 5.82 Å². The third-order valence-corrected chi connectivity index (χ3v) is 3.92. The number of benzene rings is 1. The van der Waals surface area contributed by atoms with Crippen molar-refractivity contribution in [3.05, 3.63) is 53.5 Å². The van der Waals surface area contributed by atoms with E-state index in [4.69, 9.17) is 0 Å². The van der Waals surface area contributed by atoms with E-state index in [1.807, 2.05) is 37.3 Å². The molecule has 4 heteroatoms. The summed E-state index contributed by atoms with van der Waals surface area (Å²) in [6.07, 6.45) is 2.49. The summed E-state index contributed by atoms with van der Waals surface area (Å²) in [5.41, 5.74) is 1.40. The van der Waals surface area contributed by atoms with E-state index in [1.54, 1.807) is 6.20 Å². The molecule has 20 heavy (non-hydrogen) atoms. The molecule has 0 radical (unpaired) electrons. The largest absolute Gasteiger partial charge is 0.383 e. The lowest BCUT2D eigenvalue weighted by atomic mass is 9.92. The fraction of sp³-hybridized carbons (Fsp3) is 0.375. The van der Waals surface area contributed by atoms with Crippen LogP contribution in [0.3, 0.4) is 0 Å². The topological polar surface area (TPSA) is 49.2 Å². The molecule has 1 atom stereocenters. The molecule has 1 aliphatic heterocycles. The Morgan fingerprint density at radius 3 is 2.60 bits per heavy atom. The molecular weight excluding hydrogens is 250 g/mol. The van der Waals surface area contributed by atoms with Gasteiger partial charge in [0.2, 0.25) is 0 Å². The van der Waals surface area contributed by atoms with E-state index in [9.17, 15) is 5.11 Å². The SMILES string of the molecule is Cc1ccc(C2(O)CCN(c3ccnc(C)n3)C2)cc1. The van der Waals surface area contributed by atoms with Gasteiger partial charge in [0, 0.05) is 12.7 Å². The minimum Gasteiger partial charge on any atom is -0.383 e. The molecule has 0 aliphatic carbocycles. The van der Waals surface area contributed by atoms with Crippen LogP contribution in [0.1, 0.15) is 23.4 Å². The van der Waals surface area contributed by atoms with Gasteiger partial charge in [-0.25, -0.2) is 9.97 Å². The Kier molecular flexibility index (Phi) is 3.18. The van der Waals surface area contributed by atoms with Gasteiger partial charge in [-0.1, -0.05) is 29.8 Å². The number of aliphatic hydroxyl groups is 1. The predicted octanol–water partition coefficient (Wildman–Crippen LogP) is 2.19. The first-order valence-corrected chi connectivity index (χ1v) is 6.91. The Morgan fingerprint density at radius 1 is 1.15 bits per heavy atom. The van der Waals surface area contributed by atoms with Crippen LogP contribution in [0.25, 0.3) is 0 Å². The third kappa shape index (κ3) is 2.39. The van der Waals surface area contributed by atoms with Crippen molar-refractivity contribution in [3.63, 3.8) is 0 Å². The Balaban J connectivity index is 1.83. The van der Waals surface area contributed by atoms with Gasteiger partial charge in [-0.15, -0.1) is 0 Å². The predicted molar refractivity (Wildman–Crippen MR) is 78.7 cm³/mol. The maximum absolute atomic E-state index is 10.9. The lowest BCUT2D eigenvalue weighted by molar-refractivity contribution is 0.0606. The van der Waals surface area contributed by atoms with Gasteiger partial charge in [-0.2, -0.15) is 0 Å². The summed E-state index contributed by atoms with van der Waals surface area (Å²) >= 11 is 0. The summed E-state index contributed by atoms with van der Waals surface area (Å²) in [5, 5.41) is 10.9. The average molecular weight is 269 g/mol. The normalized spacial score (nSPS) is 22.2. The Bertz CT molecular complexity index is 611. The number of β-amino-alcohol motifs (C(OH)–C–C–N with tert-alkyl or cyclic N) is 1. The van der Waals surface area contributed by atoms with Crippen LogP contribution in [0.5, 0.6) is 0 Å². The fourth-order valence-electron chi connectivity index (χ4n) is 2.71. The molecule has 1 saturated heterocycles. The van der Waals surface area contributed by atoms with Crippen LogP contribution >= 0.6 is 0 Å². The summed E-state index contributed by atoms with van der Waals surface area (Å²) in [4.78, 5) is 10.7. The zero-order chi connectivity index (χ0) is 14.2. The smallest absolute Gasteiger partial charge is 0.132 e. The van der Waals surface area contributed by atoms with Crippen LogP contribution in [0.2, 0.25) is 0 Å². The Labute approximate surface area is 119 Å². The average Bonchev–Trinajstić information content (AvgIpc) is 2.83. The van der Waals surface area contributed by atoms with Crippen LogP contribution in [-0.4, -0.2) is 28.2 Å². The van der Waals surface area contributed by atoms with E-state index < -0.39 is 5.60 Å². The summed E-state index contributed by atoms with van der Waals surface area (Å²) in [6, 6.07) is 10.0. The van der Waals surface area contributed by atoms with Crippen LogP contribution in [0, 0.1) is 13.8 Å². The minimum atomic E-state index is -0.785. The van der Waals surface area contributed by atoms with Crippen LogP contribution in [0.15, 0.2) is 36.5 Å². The summed E-state index contributed by atoms with van der Waals surface area (Å²) < 4.78 is 0. The van der Waals surface area contributed by atoms with Gasteiger partial charge in [0.05, 0.1) is 6.54 Å². The van der Waals surface area contributed by atoms with Gasteiger partial charge in [-0.3, -0.25) is 0 Å². The Hall–Kier alpha value is -1.94. The van der Waals surface area contributed by atoms with E-state index in [2.05, 4.69) is 21.8 Å². The van der Waals surface area contributed by atoms with Gasteiger partial charge < -0.3 is 10.0 Å². The van der Waals surface area contributed by atoms with Crippen molar-refractivity contribution in [1.29, 1.82) is 0 Å². The molecular formula is C16H19N3O. The highest BCUT2D eigenvalue weighted by molar-refractivity contribution is 5.42. The lowest BCUT2D eigenvalue weighted by Gasteiger charge is -2.24. The first-order chi connectivity index (χ1) is 9.57. The summed E-state index contributed by atoms with van der Waals surface area (Å²) in [5.74, 6) is 1.65. The lowest BCUT2D eigenvalue weighted by Crippen LogP contribution is -2.31. The van der Waals surface area contributed by atoms with Gasteiger partial charge in [0.15, 0.2) is 0 Å². The highest BCUT2D eigenvalue weighted by Gasteiger charge is 2.38. The highest BCUT2D eigenvalue weighted by atomic mass is 16.3. The maximum Gasteiger partial charge on any atom is 0.132 e. The van der Waals surface area contributed by atoms with E-state index in [0.29, 0.717) is 6.54 Å². The van der Waals surface area contributed by atoms with Crippen LogP contribution < -0.4 is 4.90 Å². The zero-order valence-corrected chi connectivity index (χ0v) is 11.9. The second-order valence-corrected chi connectivity index (χ2v) is 5.53. The molecule has 1 aromatic carbocycles. The molecule has 3 rings (SSSR count). The van der Waals surface area contributed by atoms with Crippen molar-refractivity contribution in [1.82, 2.24) is 9.97 Å². The molecule has 1 fully saturated rings. The first kappa shape index (κ1) is 13.1. The minimum absolute atomic E-state index is 0.576. The van der Waals surface area contributed by atoms with E-state index in [1.165, 1.54) is 5.56 Å². The molecule has 0 spiro atoms. The van der Waals surface area contributed by atoms with Gasteiger partial charge in [-0.05, 0) is 31.9 Å². The molecule has 1 N–H and O–H groups in total. The highest BCUT2D eigenvalue weighted by Crippen LogP contribution is 2.33. The number of hydrogen-bond acceptors (Lipinski definition) is 4. The molecule has 0 amide bonds. The number of rotatable bonds is 2. The number of aryl methyl sites for hydroxylation is 2. The van der Waals surface area contributed by atoms with Gasteiger partial charge >= 0.3 is 0 Å². The molecule has 1 aliphatic rings. The number of hydrogen-bond donors (Lipinski definition) is 1. The molecule has 4 nitrogen and oxygen atoms in total. The fourth-order valence-corrected chi connectivity index (χ4v) is 2.71. The molecule has 2 heterocycles. The summed E-state index contributed by atoms with van der Waals surface area (Å²) in [6.45, 7) is 5.32. The molecule has 2 aromatic rings. The number of aromatic nitrogens is 2. The van der Waals surface area contributed by atoms with E-state index >= 15 is 0 Å². The third-order valence-electron chi connectivity index (χ3n) is 3.92. The van der Waals surface area contributed by atoms with Crippen molar-refractivity contribution in [2.75, 3.05) is 18.0 Å². The molecule has 104 valence electrons. The quantitative estimate of drug-likeness (QED) is 0.908. The standard InChI is InChI=1S/C16H19N3O/c1-12-3-5-14(6-4-12)16(20)8-10-19(11-16)15-7-9-17-13(2)18-15/h3-7,9,20H,8,10-11H2,1-2H3. The molecule has 1 aromatic heterocycles. The van der Waals surface area contributed by atoms with Crippen molar-refractivity contribution in [3.8, 4) is 0 Å². The van der Waals surface area contributed by atoms with Gasteiger partial charge in [0.25, 0.3) is 0 Å².